The van der Waals surface area contributed by atoms with Crippen LogP contribution in [-0.4, -0.2) is 86.0 Å². The molecule has 0 unspecified atom stereocenters. The maximum absolute atomic E-state index is 11.9. The van der Waals surface area contributed by atoms with E-state index in [-0.39, 0.29) is 0 Å². The third kappa shape index (κ3) is 3.41. The zero-order valence-electron chi connectivity index (χ0n) is 10.8. The van der Waals surface area contributed by atoms with E-state index >= 15 is 0 Å². The highest BCUT2D eigenvalue weighted by Crippen LogP contribution is 1.97. The Labute approximate surface area is 107 Å². The fraction of sp³-hybridized carbons (Fsp3) is 0.818. The van der Waals surface area contributed by atoms with Gasteiger partial charge in [0.2, 0.25) is 0 Å². The minimum atomic E-state index is -0.513. The van der Waals surface area contributed by atoms with Crippen molar-refractivity contribution in [3.63, 3.8) is 0 Å². The SMILES string of the molecule is CN1CCN(NC(=O)C(=O)N2CCNCC2)CC1. The summed E-state index contributed by atoms with van der Waals surface area (Å²) in [6.07, 6.45) is 0. The van der Waals surface area contributed by atoms with Gasteiger partial charge in [-0.05, 0) is 7.05 Å². The smallest absolute Gasteiger partial charge is 0.323 e. The fourth-order valence-electron chi connectivity index (χ4n) is 2.12. The number of carbonyl (C=O) groups is 2. The number of piperazine rings is 2. The summed E-state index contributed by atoms with van der Waals surface area (Å²) in [6.45, 7) is 6.06. The van der Waals surface area contributed by atoms with Gasteiger partial charge < -0.3 is 15.1 Å². The van der Waals surface area contributed by atoms with E-state index in [1.807, 2.05) is 12.1 Å². The lowest BCUT2D eigenvalue weighted by molar-refractivity contribution is -0.149. The molecule has 2 amide bonds. The summed E-state index contributed by atoms with van der Waals surface area (Å²) < 4.78 is 0. The van der Waals surface area contributed by atoms with Crippen LogP contribution in [0.25, 0.3) is 0 Å². The summed E-state index contributed by atoms with van der Waals surface area (Å²) in [5.41, 5.74) is 2.69. The minimum absolute atomic E-state index is 0.421. The van der Waals surface area contributed by atoms with Crippen molar-refractivity contribution in [3.05, 3.63) is 0 Å². The molecular formula is C11H21N5O2. The minimum Gasteiger partial charge on any atom is -0.332 e. The van der Waals surface area contributed by atoms with Crippen LogP contribution < -0.4 is 10.7 Å². The van der Waals surface area contributed by atoms with E-state index in [1.54, 1.807) is 4.90 Å². The number of rotatable bonds is 1. The van der Waals surface area contributed by atoms with Gasteiger partial charge in [-0.2, -0.15) is 0 Å². The van der Waals surface area contributed by atoms with E-state index in [1.165, 1.54) is 0 Å². The molecule has 2 aliphatic rings. The molecular weight excluding hydrogens is 234 g/mol. The van der Waals surface area contributed by atoms with Crippen molar-refractivity contribution in [2.24, 2.45) is 0 Å². The Hall–Kier alpha value is -1.18. The van der Waals surface area contributed by atoms with Crippen LogP contribution in [0.15, 0.2) is 0 Å². The first-order valence-corrected chi connectivity index (χ1v) is 6.41. The molecule has 0 aromatic carbocycles. The summed E-state index contributed by atoms with van der Waals surface area (Å²) in [5, 5.41) is 4.98. The first-order chi connectivity index (χ1) is 8.66. The highest BCUT2D eigenvalue weighted by molar-refractivity contribution is 6.34. The summed E-state index contributed by atoms with van der Waals surface area (Å²) in [7, 11) is 2.05. The Morgan fingerprint density at radius 3 is 2.22 bits per heavy atom. The Bertz CT molecular complexity index is 309. The third-order valence-electron chi connectivity index (χ3n) is 3.36. The van der Waals surface area contributed by atoms with E-state index in [9.17, 15) is 9.59 Å². The molecule has 2 saturated heterocycles. The molecule has 0 aliphatic carbocycles. The molecule has 0 aromatic rings. The molecule has 2 heterocycles. The second kappa shape index (κ2) is 6.12. The van der Waals surface area contributed by atoms with E-state index in [0.29, 0.717) is 13.1 Å². The second-order valence-electron chi connectivity index (χ2n) is 4.77. The topological polar surface area (TPSA) is 67.9 Å². The lowest BCUT2D eigenvalue weighted by atomic mass is 10.3. The van der Waals surface area contributed by atoms with Gasteiger partial charge in [0.25, 0.3) is 0 Å². The number of nitrogens with zero attached hydrogens (tertiary/aromatic N) is 3. The summed E-state index contributed by atoms with van der Waals surface area (Å²) in [6, 6.07) is 0. The van der Waals surface area contributed by atoms with Crippen LogP contribution in [0.5, 0.6) is 0 Å². The number of amides is 2. The molecule has 0 radical (unpaired) electrons. The summed E-state index contributed by atoms with van der Waals surface area (Å²) >= 11 is 0. The van der Waals surface area contributed by atoms with Gasteiger partial charge in [0.15, 0.2) is 0 Å². The molecule has 7 nitrogen and oxygen atoms in total. The monoisotopic (exact) mass is 255 g/mol. The number of carbonyl (C=O) groups excluding carboxylic acids is 2. The quantitative estimate of drug-likeness (QED) is 0.516. The predicted molar refractivity (Wildman–Crippen MR) is 66.7 cm³/mol. The Morgan fingerprint density at radius 2 is 1.61 bits per heavy atom. The largest absolute Gasteiger partial charge is 0.332 e. The van der Waals surface area contributed by atoms with Crippen LogP contribution in [0.4, 0.5) is 0 Å². The number of hydrazine groups is 1. The molecule has 18 heavy (non-hydrogen) atoms. The van der Waals surface area contributed by atoms with Crippen molar-refractivity contribution >= 4 is 11.8 Å². The average molecular weight is 255 g/mol. The number of likely N-dealkylation sites (N-methyl/N-ethyl adjacent to an activating group) is 1. The van der Waals surface area contributed by atoms with E-state index < -0.39 is 11.8 Å². The van der Waals surface area contributed by atoms with Crippen molar-refractivity contribution in [1.29, 1.82) is 0 Å². The molecule has 0 saturated carbocycles. The average Bonchev–Trinajstić information content (AvgIpc) is 2.41. The Kier molecular flexibility index (Phi) is 4.51. The standard InChI is InChI=1S/C11H21N5O2/c1-14-6-8-16(9-7-14)13-10(17)11(18)15-4-2-12-3-5-15/h12H,2-9H2,1H3,(H,13,17). The number of hydrogen-bond donors (Lipinski definition) is 2. The highest BCUT2D eigenvalue weighted by Gasteiger charge is 2.25. The van der Waals surface area contributed by atoms with E-state index in [0.717, 1.165) is 39.3 Å². The van der Waals surface area contributed by atoms with Gasteiger partial charge in [-0.3, -0.25) is 15.0 Å². The van der Waals surface area contributed by atoms with Gasteiger partial charge >= 0.3 is 11.8 Å². The third-order valence-corrected chi connectivity index (χ3v) is 3.36. The second-order valence-corrected chi connectivity index (χ2v) is 4.77. The highest BCUT2D eigenvalue weighted by atomic mass is 16.2. The Morgan fingerprint density at radius 1 is 1.00 bits per heavy atom. The van der Waals surface area contributed by atoms with Crippen molar-refractivity contribution in [1.82, 2.24) is 25.6 Å². The van der Waals surface area contributed by atoms with Crippen molar-refractivity contribution in [2.45, 2.75) is 0 Å². The maximum atomic E-state index is 11.9. The molecule has 0 spiro atoms. The number of nitrogens with one attached hydrogen (secondary N) is 2. The first-order valence-electron chi connectivity index (χ1n) is 6.41. The first kappa shape index (κ1) is 13.3. The van der Waals surface area contributed by atoms with Gasteiger partial charge in [0.05, 0.1) is 0 Å². The van der Waals surface area contributed by atoms with Crippen molar-refractivity contribution in [3.8, 4) is 0 Å². The van der Waals surface area contributed by atoms with Crippen molar-refractivity contribution in [2.75, 3.05) is 59.4 Å². The van der Waals surface area contributed by atoms with Crippen LogP contribution in [0, 0.1) is 0 Å². The van der Waals surface area contributed by atoms with Gasteiger partial charge in [-0.1, -0.05) is 0 Å². The Balaban J connectivity index is 1.78. The maximum Gasteiger partial charge on any atom is 0.323 e. The molecule has 0 atom stereocenters. The van der Waals surface area contributed by atoms with E-state index in [4.69, 9.17) is 0 Å². The normalized spacial score (nSPS) is 22.8. The van der Waals surface area contributed by atoms with Gasteiger partial charge in [0.1, 0.15) is 0 Å². The zero-order valence-corrected chi connectivity index (χ0v) is 10.8. The summed E-state index contributed by atoms with van der Waals surface area (Å²) in [4.78, 5) is 27.5. The lowest BCUT2D eigenvalue weighted by Crippen LogP contribution is -2.57. The van der Waals surface area contributed by atoms with Crippen molar-refractivity contribution < 1.29 is 9.59 Å². The van der Waals surface area contributed by atoms with Crippen LogP contribution in [0.1, 0.15) is 0 Å². The van der Waals surface area contributed by atoms with Gasteiger partial charge in [-0.15, -0.1) is 0 Å². The number of hydrogen-bond acceptors (Lipinski definition) is 5. The molecule has 102 valence electrons. The van der Waals surface area contributed by atoms with Gasteiger partial charge in [-0.25, -0.2) is 5.01 Å². The fourth-order valence-corrected chi connectivity index (χ4v) is 2.12. The summed E-state index contributed by atoms with van der Waals surface area (Å²) in [5.74, 6) is -0.933. The zero-order chi connectivity index (χ0) is 13.0. The van der Waals surface area contributed by atoms with Crippen LogP contribution >= 0.6 is 0 Å². The molecule has 7 heteroatoms. The van der Waals surface area contributed by atoms with Crippen LogP contribution in [0.2, 0.25) is 0 Å². The molecule has 2 fully saturated rings. The predicted octanol–water partition coefficient (Wildman–Crippen LogP) is -2.30. The lowest BCUT2D eigenvalue weighted by Gasteiger charge is -2.33. The molecule has 2 N–H and O–H groups in total. The van der Waals surface area contributed by atoms with Gasteiger partial charge in [0, 0.05) is 52.4 Å². The van der Waals surface area contributed by atoms with E-state index in [2.05, 4.69) is 15.6 Å². The molecule has 0 bridgehead atoms. The molecule has 2 aliphatic heterocycles. The molecule has 0 aromatic heterocycles. The van der Waals surface area contributed by atoms with Crippen LogP contribution in [0.3, 0.4) is 0 Å². The molecule has 2 rings (SSSR count). The van der Waals surface area contributed by atoms with Crippen LogP contribution in [-0.2, 0) is 9.59 Å².